The van der Waals surface area contributed by atoms with Gasteiger partial charge in [-0.1, -0.05) is 18.2 Å². The van der Waals surface area contributed by atoms with Crippen molar-refractivity contribution in [2.24, 2.45) is 0 Å². The Morgan fingerprint density at radius 2 is 2.04 bits per heavy atom. The van der Waals surface area contributed by atoms with Crippen LogP contribution in [-0.4, -0.2) is 76.8 Å². The summed E-state index contributed by atoms with van der Waals surface area (Å²) in [4.78, 5) is 35.0. The van der Waals surface area contributed by atoms with Crippen LogP contribution >= 0.6 is 0 Å². The lowest BCUT2D eigenvalue weighted by molar-refractivity contribution is -0.152. The van der Waals surface area contributed by atoms with Crippen LogP contribution in [0.25, 0.3) is 10.9 Å². The highest BCUT2D eigenvalue weighted by Gasteiger charge is 2.45. The quantitative estimate of drug-likeness (QED) is 0.908. The van der Waals surface area contributed by atoms with Gasteiger partial charge in [0.2, 0.25) is 11.8 Å². The smallest absolute Gasteiger partial charge is 0.245 e. The molecule has 0 saturated carbocycles. The number of aromatic amines is 1. The standard InChI is InChI=1S/C20H26N4O2/c1-13-20(26)24-11-15(22(2)3)9-16(24)12-23(13)19(25)8-14-10-21-18-7-5-4-6-17(14)18/h4-7,10,13,15-16,21H,8-9,11-12H2,1-3H3/t13-,15-,16-/m0/s1. The number of piperazine rings is 1. The molecule has 2 saturated heterocycles. The molecule has 0 bridgehead atoms. The van der Waals surface area contributed by atoms with E-state index in [1.54, 1.807) is 4.90 Å². The summed E-state index contributed by atoms with van der Waals surface area (Å²) in [6, 6.07) is 8.12. The SMILES string of the molecule is C[C@H]1C(=O)N2C[C@@H](N(C)C)C[C@H]2CN1C(=O)Cc1c[nH]c2ccccc12. The molecule has 138 valence electrons. The molecular formula is C20H26N4O2. The van der Waals surface area contributed by atoms with E-state index < -0.39 is 0 Å². The molecule has 0 radical (unpaired) electrons. The van der Waals surface area contributed by atoms with Crippen molar-refractivity contribution in [3.8, 4) is 0 Å². The van der Waals surface area contributed by atoms with E-state index >= 15 is 0 Å². The van der Waals surface area contributed by atoms with E-state index in [1.807, 2.05) is 42.3 Å². The molecule has 2 fully saturated rings. The minimum absolute atomic E-state index is 0.0311. The van der Waals surface area contributed by atoms with Gasteiger partial charge in [0, 0.05) is 36.2 Å². The Balaban J connectivity index is 1.52. The van der Waals surface area contributed by atoms with E-state index in [1.165, 1.54) is 0 Å². The Labute approximate surface area is 153 Å². The van der Waals surface area contributed by atoms with Gasteiger partial charge in [0.1, 0.15) is 6.04 Å². The summed E-state index contributed by atoms with van der Waals surface area (Å²) in [6.45, 7) is 3.26. The number of aromatic nitrogens is 1. The van der Waals surface area contributed by atoms with Crippen LogP contribution in [0.4, 0.5) is 0 Å². The first-order valence-corrected chi connectivity index (χ1v) is 9.27. The zero-order valence-electron chi connectivity index (χ0n) is 15.6. The summed E-state index contributed by atoms with van der Waals surface area (Å²) in [5.41, 5.74) is 2.03. The van der Waals surface area contributed by atoms with Crippen LogP contribution in [0.1, 0.15) is 18.9 Å². The zero-order valence-corrected chi connectivity index (χ0v) is 15.6. The Hall–Kier alpha value is -2.34. The predicted octanol–water partition coefficient (Wildman–Crippen LogP) is 1.47. The fourth-order valence-corrected chi connectivity index (χ4v) is 4.33. The van der Waals surface area contributed by atoms with Crippen LogP contribution in [0.15, 0.2) is 30.5 Å². The average molecular weight is 354 g/mol. The maximum atomic E-state index is 13.0. The molecule has 1 aromatic carbocycles. The summed E-state index contributed by atoms with van der Waals surface area (Å²) in [6.07, 6.45) is 3.16. The molecule has 2 aliphatic rings. The third kappa shape index (κ3) is 2.78. The molecule has 0 aliphatic carbocycles. The molecule has 2 aromatic rings. The van der Waals surface area contributed by atoms with E-state index in [-0.39, 0.29) is 23.9 Å². The van der Waals surface area contributed by atoms with E-state index in [0.717, 1.165) is 29.4 Å². The summed E-state index contributed by atoms with van der Waals surface area (Å²) in [7, 11) is 4.11. The number of carbonyl (C=O) groups excluding carboxylic acids is 2. The number of nitrogens with zero attached hydrogens (tertiary/aromatic N) is 3. The van der Waals surface area contributed by atoms with Crippen molar-refractivity contribution in [3.05, 3.63) is 36.0 Å². The fraction of sp³-hybridized carbons (Fsp3) is 0.500. The van der Waals surface area contributed by atoms with E-state index in [9.17, 15) is 9.59 Å². The van der Waals surface area contributed by atoms with E-state index in [4.69, 9.17) is 0 Å². The van der Waals surface area contributed by atoms with Gasteiger partial charge in [0.15, 0.2) is 0 Å². The first-order valence-electron chi connectivity index (χ1n) is 9.27. The molecule has 3 atom stereocenters. The highest BCUT2D eigenvalue weighted by molar-refractivity contribution is 5.92. The van der Waals surface area contributed by atoms with Gasteiger partial charge in [-0.2, -0.15) is 0 Å². The highest BCUT2D eigenvalue weighted by atomic mass is 16.2. The molecule has 2 aliphatic heterocycles. The van der Waals surface area contributed by atoms with Gasteiger partial charge in [-0.15, -0.1) is 0 Å². The normalized spacial score (nSPS) is 26.0. The number of hydrogen-bond donors (Lipinski definition) is 1. The van der Waals surface area contributed by atoms with Crippen molar-refractivity contribution >= 4 is 22.7 Å². The van der Waals surface area contributed by atoms with Crippen LogP contribution in [0.3, 0.4) is 0 Å². The van der Waals surface area contributed by atoms with Gasteiger partial charge < -0.3 is 19.7 Å². The first kappa shape index (κ1) is 17.1. The van der Waals surface area contributed by atoms with Crippen molar-refractivity contribution in [2.75, 3.05) is 27.2 Å². The Morgan fingerprint density at radius 1 is 1.27 bits per heavy atom. The number of likely N-dealkylation sites (N-methyl/N-ethyl adjacent to an activating group) is 1. The molecule has 0 unspecified atom stereocenters. The molecule has 4 rings (SSSR count). The van der Waals surface area contributed by atoms with Crippen molar-refractivity contribution in [1.82, 2.24) is 19.7 Å². The van der Waals surface area contributed by atoms with Gasteiger partial charge in [0.05, 0.1) is 12.5 Å². The first-order chi connectivity index (χ1) is 12.5. The average Bonchev–Trinajstić information content (AvgIpc) is 3.23. The van der Waals surface area contributed by atoms with Gasteiger partial charge in [-0.05, 0) is 39.1 Å². The lowest BCUT2D eigenvalue weighted by atomic mass is 10.0. The Bertz CT molecular complexity index is 843. The van der Waals surface area contributed by atoms with Gasteiger partial charge in [0.25, 0.3) is 0 Å². The fourth-order valence-electron chi connectivity index (χ4n) is 4.33. The Kier molecular flexibility index (Phi) is 4.23. The van der Waals surface area contributed by atoms with Crippen LogP contribution in [0, 0.1) is 0 Å². The molecular weight excluding hydrogens is 328 g/mol. The highest BCUT2D eigenvalue weighted by Crippen LogP contribution is 2.28. The monoisotopic (exact) mass is 354 g/mol. The largest absolute Gasteiger partial charge is 0.361 e. The molecule has 6 heteroatoms. The van der Waals surface area contributed by atoms with E-state index in [0.29, 0.717) is 19.0 Å². The number of fused-ring (bicyclic) bond motifs is 2. The lowest BCUT2D eigenvalue weighted by Gasteiger charge is -2.41. The van der Waals surface area contributed by atoms with Crippen molar-refractivity contribution in [3.63, 3.8) is 0 Å². The zero-order chi connectivity index (χ0) is 18.4. The summed E-state index contributed by atoms with van der Waals surface area (Å²) < 4.78 is 0. The number of amides is 2. The van der Waals surface area contributed by atoms with E-state index in [2.05, 4.69) is 24.0 Å². The molecule has 26 heavy (non-hydrogen) atoms. The van der Waals surface area contributed by atoms with Crippen LogP contribution in [0.5, 0.6) is 0 Å². The maximum absolute atomic E-state index is 13.0. The second-order valence-electron chi connectivity index (χ2n) is 7.76. The summed E-state index contributed by atoms with van der Waals surface area (Å²) in [5, 5.41) is 1.08. The number of carbonyl (C=O) groups is 2. The number of benzene rings is 1. The van der Waals surface area contributed by atoms with Crippen LogP contribution < -0.4 is 0 Å². The predicted molar refractivity (Wildman–Crippen MR) is 101 cm³/mol. The minimum Gasteiger partial charge on any atom is -0.361 e. The third-order valence-corrected chi connectivity index (χ3v) is 5.98. The number of para-hydroxylation sites is 1. The topological polar surface area (TPSA) is 59.7 Å². The Morgan fingerprint density at radius 3 is 2.81 bits per heavy atom. The van der Waals surface area contributed by atoms with Crippen LogP contribution in [0.2, 0.25) is 0 Å². The minimum atomic E-state index is -0.384. The summed E-state index contributed by atoms with van der Waals surface area (Å²) >= 11 is 0. The molecule has 2 amide bonds. The van der Waals surface area contributed by atoms with Gasteiger partial charge >= 0.3 is 0 Å². The molecule has 1 aromatic heterocycles. The number of H-pyrrole nitrogens is 1. The number of nitrogens with one attached hydrogen (secondary N) is 1. The second-order valence-corrected chi connectivity index (χ2v) is 7.76. The van der Waals surface area contributed by atoms with Crippen molar-refractivity contribution < 1.29 is 9.59 Å². The van der Waals surface area contributed by atoms with Crippen molar-refractivity contribution in [2.45, 2.75) is 37.9 Å². The number of hydrogen-bond acceptors (Lipinski definition) is 3. The third-order valence-electron chi connectivity index (χ3n) is 5.98. The maximum Gasteiger partial charge on any atom is 0.245 e. The van der Waals surface area contributed by atoms with Gasteiger partial charge in [-0.3, -0.25) is 9.59 Å². The molecule has 1 N–H and O–H groups in total. The summed E-state index contributed by atoms with van der Waals surface area (Å²) in [5.74, 6) is 0.112. The van der Waals surface area contributed by atoms with Gasteiger partial charge in [-0.25, -0.2) is 0 Å². The van der Waals surface area contributed by atoms with Crippen molar-refractivity contribution in [1.29, 1.82) is 0 Å². The second kappa shape index (κ2) is 6.43. The molecule has 0 spiro atoms. The van der Waals surface area contributed by atoms with Crippen LogP contribution in [-0.2, 0) is 16.0 Å². The molecule has 6 nitrogen and oxygen atoms in total. The molecule has 3 heterocycles. The lowest BCUT2D eigenvalue weighted by Crippen LogP contribution is -2.60. The number of rotatable bonds is 3.